The molecule has 0 amide bonds. The molecule has 5 nitrogen and oxygen atoms in total. The van der Waals surface area contributed by atoms with Crippen LogP contribution >= 0.6 is 0 Å². The molecule has 0 saturated heterocycles. The van der Waals surface area contributed by atoms with Gasteiger partial charge >= 0.3 is 5.97 Å². The van der Waals surface area contributed by atoms with Gasteiger partial charge in [0.25, 0.3) is 0 Å². The van der Waals surface area contributed by atoms with Crippen molar-refractivity contribution in [3.05, 3.63) is 22.2 Å². The number of carbonyl (C=O) groups excluding carboxylic acids is 1. The predicted octanol–water partition coefficient (Wildman–Crippen LogP) is 1.37. The van der Waals surface area contributed by atoms with Crippen LogP contribution in [0.1, 0.15) is 6.92 Å². The van der Waals surface area contributed by atoms with Crippen molar-refractivity contribution in [1.82, 2.24) is 0 Å². The zero-order valence-electron chi connectivity index (χ0n) is 5.74. The van der Waals surface area contributed by atoms with Crippen LogP contribution in [0, 0.1) is 0 Å². The fraction of sp³-hybridized carbons (Fsp3) is 0.400. The van der Waals surface area contributed by atoms with Crippen LogP contribution in [0.2, 0.25) is 0 Å². The minimum atomic E-state index is -0.625. The molecule has 0 aromatic carbocycles. The third kappa shape index (κ3) is 2.19. The van der Waals surface area contributed by atoms with Gasteiger partial charge < -0.3 is 4.74 Å². The smallest absolute Gasteiger partial charge is 0.339 e. The fourth-order valence-corrected chi connectivity index (χ4v) is 0.369. The fourth-order valence-electron chi connectivity index (χ4n) is 0.369. The quantitative estimate of drug-likeness (QED) is 0.191. The summed E-state index contributed by atoms with van der Waals surface area (Å²) in [6.45, 7) is 1.58. The molecule has 0 unspecified atom stereocenters. The summed E-state index contributed by atoms with van der Waals surface area (Å²) in [4.78, 5) is 13.0. The molecular formula is C5H7N3O2. The number of nitrogens with zero attached hydrogens (tertiary/aromatic N) is 3. The lowest BCUT2D eigenvalue weighted by Crippen LogP contribution is -2.01. The molecule has 0 bridgehead atoms. The van der Waals surface area contributed by atoms with E-state index in [1.807, 2.05) is 0 Å². The Kier molecular flexibility index (Phi) is 3.75. The average molecular weight is 141 g/mol. The molecular weight excluding hydrogens is 134 g/mol. The number of methoxy groups -OCH3 is 1. The van der Waals surface area contributed by atoms with Crippen LogP contribution in [-0.4, -0.2) is 13.1 Å². The number of allylic oxidation sites excluding steroid dienone is 1. The van der Waals surface area contributed by atoms with Gasteiger partial charge in [-0.15, -0.1) is 0 Å². The molecule has 0 fully saturated rings. The second-order valence-electron chi connectivity index (χ2n) is 1.35. The monoisotopic (exact) mass is 141 g/mol. The number of ether oxygens (including phenoxy) is 1. The SMILES string of the molecule is C/C=C(\N=[N+]=[N-])C(=O)OC. The van der Waals surface area contributed by atoms with Crippen molar-refractivity contribution < 1.29 is 9.53 Å². The Bertz CT molecular complexity index is 203. The average Bonchev–Trinajstić information content (AvgIpc) is 1.99. The number of azide groups is 1. The molecule has 54 valence electrons. The van der Waals surface area contributed by atoms with Gasteiger partial charge in [0.05, 0.1) is 7.11 Å². The highest BCUT2D eigenvalue weighted by molar-refractivity contribution is 5.87. The summed E-state index contributed by atoms with van der Waals surface area (Å²) in [5.74, 6) is -0.625. The van der Waals surface area contributed by atoms with E-state index in [-0.39, 0.29) is 5.70 Å². The van der Waals surface area contributed by atoms with Crippen LogP contribution < -0.4 is 0 Å². The molecule has 0 atom stereocenters. The third-order valence-corrected chi connectivity index (χ3v) is 0.820. The standard InChI is InChI=1S/C5H7N3O2/c1-3-4(7-8-6)5(9)10-2/h3H,1-2H3/b4-3-. The molecule has 0 aliphatic rings. The van der Waals surface area contributed by atoms with E-state index in [1.165, 1.54) is 13.2 Å². The Labute approximate surface area is 57.9 Å². The van der Waals surface area contributed by atoms with E-state index in [0.29, 0.717) is 0 Å². The van der Waals surface area contributed by atoms with Gasteiger partial charge in [-0.25, -0.2) is 4.79 Å². The maximum Gasteiger partial charge on any atom is 0.339 e. The maximum absolute atomic E-state index is 10.6. The summed E-state index contributed by atoms with van der Waals surface area (Å²) >= 11 is 0. The summed E-state index contributed by atoms with van der Waals surface area (Å²) in [5, 5.41) is 3.08. The van der Waals surface area contributed by atoms with Crippen LogP contribution in [0.4, 0.5) is 0 Å². The van der Waals surface area contributed by atoms with Crippen molar-refractivity contribution in [1.29, 1.82) is 0 Å². The maximum atomic E-state index is 10.6. The molecule has 0 aromatic rings. The number of esters is 1. The second kappa shape index (κ2) is 4.40. The summed E-state index contributed by atoms with van der Waals surface area (Å²) in [5.41, 5.74) is 7.90. The number of rotatable bonds is 2. The van der Waals surface area contributed by atoms with E-state index < -0.39 is 5.97 Å². The van der Waals surface area contributed by atoms with Crippen LogP contribution in [0.3, 0.4) is 0 Å². The van der Waals surface area contributed by atoms with E-state index in [2.05, 4.69) is 14.8 Å². The zero-order valence-corrected chi connectivity index (χ0v) is 5.74. The largest absolute Gasteiger partial charge is 0.466 e. The molecule has 0 N–H and O–H groups in total. The molecule has 0 aromatic heterocycles. The first kappa shape index (κ1) is 8.52. The predicted molar refractivity (Wildman–Crippen MR) is 34.9 cm³/mol. The van der Waals surface area contributed by atoms with Gasteiger partial charge in [-0.3, -0.25) is 0 Å². The van der Waals surface area contributed by atoms with Crippen LogP contribution in [0.15, 0.2) is 16.9 Å². The topological polar surface area (TPSA) is 75.1 Å². The molecule has 5 heteroatoms. The van der Waals surface area contributed by atoms with Crippen molar-refractivity contribution in [2.45, 2.75) is 6.92 Å². The number of hydrogen-bond acceptors (Lipinski definition) is 3. The Morgan fingerprint density at radius 2 is 2.40 bits per heavy atom. The molecule has 0 aliphatic heterocycles. The summed E-state index contributed by atoms with van der Waals surface area (Å²) in [7, 11) is 1.22. The van der Waals surface area contributed by atoms with Gasteiger partial charge in [0.15, 0.2) is 0 Å². The highest BCUT2D eigenvalue weighted by Gasteiger charge is 2.03. The van der Waals surface area contributed by atoms with Gasteiger partial charge in [-0.2, -0.15) is 0 Å². The lowest BCUT2D eigenvalue weighted by molar-refractivity contribution is -0.136. The minimum Gasteiger partial charge on any atom is -0.466 e. The van der Waals surface area contributed by atoms with Gasteiger partial charge in [-0.1, -0.05) is 11.2 Å². The molecule has 0 spiro atoms. The molecule has 0 radical (unpaired) electrons. The van der Waals surface area contributed by atoms with Crippen molar-refractivity contribution in [2.75, 3.05) is 7.11 Å². The first-order chi connectivity index (χ1) is 4.76. The van der Waals surface area contributed by atoms with E-state index in [9.17, 15) is 4.79 Å². The first-order valence-electron chi connectivity index (χ1n) is 2.56. The highest BCUT2D eigenvalue weighted by atomic mass is 16.5. The lowest BCUT2D eigenvalue weighted by Gasteiger charge is -1.93. The van der Waals surface area contributed by atoms with Gasteiger partial charge in [0.1, 0.15) is 5.70 Å². The highest BCUT2D eigenvalue weighted by Crippen LogP contribution is 1.98. The molecule has 0 rings (SSSR count). The molecule has 10 heavy (non-hydrogen) atoms. The minimum absolute atomic E-state index is 0.0231. The summed E-state index contributed by atoms with van der Waals surface area (Å²) in [6.07, 6.45) is 1.38. The Morgan fingerprint density at radius 3 is 2.70 bits per heavy atom. The van der Waals surface area contributed by atoms with Crippen LogP contribution in [0.5, 0.6) is 0 Å². The Balaban J connectivity index is 4.38. The van der Waals surface area contributed by atoms with Crippen molar-refractivity contribution in [3.8, 4) is 0 Å². The van der Waals surface area contributed by atoms with E-state index in [4.69, 9.17) is 5.53 Å². The number of hydrogen-bond donors (Lipinski definition) is 0. The van der Waals surface area contributed by atoms with Crippen molar-refractivity contribution in [3.63, 3.8) is 0 Å². The van der Waals surface area contributed by atoms with E-state index in [0.717, 1.165) is 0 Å². The van der Waals surface area contributed by atoms with Crippen molar-refractivity contribution >= 4 is 5.97 Å². The van der Waals surface area contributed by atoms with E-state index in [1.54, 1.807) is 6.92 Å². The normalized spacial score (nSPS) is 10.0. The molecule has 0 heterocycles. The summed E-state index contributed by atoms with van der Waals surface area (Å²) < 4.78 is 4.28. The van der Waals surface area contributed by atoms with Gasteiger partial charge in [-0.05, 0) is 12.5 Å². The number of carbonyl (C=O) groups is 1. The summed E-state index contributed by atoms with van der Waals surface area (Å²) in [6, 6.07) is 0. The zero-order chi connectivity index (χ0) is 7.98. The van der Waals surface area contributed by atoms with Gasteiger partial charge in [0.2, 0.25) is 0 Å². The Hall–Kier alpha value is -1.48. The van der Waals surface area contributed by atoms with Crippen LogP contribution in [-0.2, 0) is 9.53 Å². The van der Waals surface area contributed by atoms with Gasteiger partial charge in [0, 0.05) is 4.91 Å². The lowest BCUT2D eigenvalue weighted by atomic mass is 10.4. The molecule has 0 aliphatic carbocycles. The first-order valence-corrected chi connectivity index (χ1v) is 2.56. The van der Waals surface area contributed by atoms with Crippen molar-refractivity contribution in [2.24, 2.45) is 5.11 Å². The second-order valence-corrected chi connectivity index (χ2v) is 1.35. The Morgan fingerprint density at radius 1 is 1.80 bits per heavy atom. The van der Waals surface area contributed by atoms with Crippen LogP contribution in [0.25, 0.3) is 10.4 Å². The third-order valence-electron chi connectivity index (χ3n) is 0.820. The van der Waals surface area contributed by atoms with E-state index >= 15 is 0 Å². The molecule has 0 saturated carbocycles.